The molecule has 0 aromatic heterocycles. The highest BCUT2D eigenvalue weighted by Crippen LogP contribution is 2.56. The summed E-state index contributed by atoms with van der Waals surface area (Å²) in [6.07, 6.45) is 0.666. The number of nitrogens with one attached hydrogen (secondary N) is 1. The van der Waals surface area contributed by atoms with Crippen LogP contribution in [0.2, 0.25) is 0 Å². The Bertz CT molecular complexity index is 972. The largest absolute Gasteiger partial charge is 0.466 e. The lowest BCUT2D eigenvalue weighted by Gasteiger charge is -2.37. The van der Waals surface area contributed by atoms with Crippen LogP contribution in [0.15, 0.2) is 47.0 Å². The summed E-state index contributed by atoms with van der Waals surface area (Å²) in [5.41, 5.74) is 5.19. The number of anilines is 1. The van der Waals surface area contributed by atoms with Crippen molar-refractivity contribution in [2.45, 2.75) is 32.1 Å². The van der Waals surface area contributed by atoms with Crippen molar-refractivity contribution < 1.29 is 23.9 Å². The Morgan fingerprint density at radius 3 is 2.63 bits per heavy atom. The first-order valence-corrected chi connectivity index (χ1v) is 8.66. The van der Waals surface area contributed by atoms with Gasteiger partial charge >= 0.3 is 11.9 Å². The van der Waals surface area contributed by atoms with Gasteiger partial charge in [0.2, 0.25) is 0 Å². The lowest BCUT2D eigenvalue weighted by Crippen LogP contribution is -2.48. The number of rotatable bonds is 1. The third kappa shape index (κ3) is 2.17. The van der Waals surface area contributed by atoms with Gasteiger partial charge in [-0.05, 0) is 11.5 Å². The molecule has 7 heteroatoms. The number of esters is 2. The Kier molecular flexibility index (Phi) is 3.50. The molecule has 0 saturated heterocycles. The molecule has 1 atom stereocenters. The molecule has 1 spiro atoms. The number of fused-ring (bicyclic) bond motifs is 3. The van der Waals surface area contributed by atoms with Crippen molar-refractivity contribution in [3.8, 4) is 0 Å². The van der Waals surface area contributed by atoms with E-state index in [2.05, 4.69) is 5.32 Å². The highest BCUT2D eigenvalue weighted by Gasteiger charge is 2.63. The number of hydrogen-bond donors (Lipinski definition) is 2. The lowest BCUT2D eigenvalue weighted by atomic mass is 9.62. The van der Waals surface area contributed by atoms with Gasteiger partial charge in [-0.25, -0.2) is 9.59 Å². The van der Waals surface area contributed by atoms with E-state index in [-0.39, 0.29) is 34.6 Å². The molecule has 0 saturated carbocycles. The van der Waals surface area contributed by atoms with Gasteiger partial charge in [0.1, 0.15) is 17.2 Å². The van der Waals surface area contributed by atoms with E-state index in [1.165, 1.54) is 7.11 Å². The van der Waals surface area contributed by atoms with Crippen LogP contribution in [0, 0.1) is 5.41 Å². The van der Waals surface area contributed by atoms with Gasteiger partial charge in [0.25, 0.3) is 0 Å². The van der Waals surface area contributed by atoms with Crippen LogP contribution >= 0.6 is 0 Å². The van der Waals surface area contributed by atoms with Gasteiger partial charge < -0.3 is 20.5 Å². The Balaban J connectivity index is 2.09. The van der Waals surface area contributed by atoms with E-state index in [0.29, 0.717) is 23.4 Å². The van der Waals surface area contributed by atoms with Crippen molar-refractivity contribution in [3.05, 3.63) is 52.6 Å². The molecular formula is C20H20N2O5. The van der Waals surface area contributed by atoms with Gasteiger partial charge in [-0.3, -0.25) is 4.79 Å². The standard InChI is InChI=1S/C20H20N2O5/c1-19(2)8-12(23)14-13(9-19)27-18(25)20(14)10-6-4-5-7-11(10)22-16(21)15(20)17(24)26-3/h4-7,22H,8-9,21H2,1-3H3/t20-/m0/s1. The van der Waals surface area contributed by atoms with Gasteiger partial charge in [-0.2, -0.15) is 0 Å². The normalized spacial score (nSPS) is 25.7. The molecule has 2 heterocycles. The summed E-state index contributed by atoms with van der Waals surface area (Å²) >= 11 is 0. The highest BCUT2D eigenvalue weighted by atomic mass is 16.5. The molecule has 140 valence electrons. The van der Waals surface area contributed by atoms with Crippen LogP contribution in [-0.4, -0.2) is 24.8 Å². The number of carbonyl (C=O) groups excluding carboxylic acids is 3. The van der Waals surface area contributed by atoms with Gasteiger partial charge in [0, 0.05) is 24.1 Å². The average molecular weight is 368 g/mol. The Hall–Kier alpha value is -3.09. The molecule has 1 aromatic rings. The van der Waals surface area contributed by atoms with E-state index in [1.54, 1.807) is 24.3 Å². The zero-order valence-electron chi connectivity index (χ0n) is 15.3. The third-order valence-electron chi connectivity index (χ3n) is 5.37. The fourth-order valence-corrected chi connectivity index (χ4v) is 4.36. The number of allylic oxidation sites excluding steroid dienone is 1. The maximum atomic E-state index is 13.3. The van der Waals surface area contributed by atoms with Crippen molar-refractivity contribution in [1.82, 2.24) is 0 Å². The van der Waals surface area contributed by atoms with Gasteiger partial charge in [-0.1, -0.05) is 32.0 Å². The van der Waals surface area contributed by atoms with E-state index in [1.807, 2.05) is 13.8 Å². The molecule has 0 radical (unpaired) electrons. The minimum atomic E-state index is -1.71. The second kappa shape index (κ2) is 5.45. The fraction of sp³-hybridized carbons (Fsp3) is 0.350. The first kappa shape index (κ1) is 17.3. The van der Waals surface area contributed by atoms with E-state index in [9.17, 15) is 14.4 Å². The summed E-state index contributed by atoms with van der Waals surface area (Å²) in [5.74, 6) is -1.41. The van der Waals surface area contributed by atoms with Crippen LogP contribution < -0.4 is 11.1 Å². The molecule has 2 aliphatic heterocycles. The molecule has 0 unspecified atom stereocenters. The predicted octanol–water partition coefficient (Wildman–Crippen LogP) is 1.89. The summed E-state index contributed by atoms with van der Waals surface area (Å²) in [7, 11) is 1.21. The summed E-state index contributed by atoms with van der Waals surface area (Å²) in [5, 5.41) is 2.94. The summed E-state index contributed by atoms with van der Waals surface area (Å²) in [6.45, 7) is 3.88. The smallest absolute Gasteiger partial charge is 0.339 e. The Morgan fingerprint density at radius 1 is 1.22 bits per heavy atom. The van der Waals surface area contributed by atoms with Crippen LogP contribution in [-0.2, 0) is 29.3 Å². The van der Waals surface area contributed by atoms with Gasteiger partial charge in [-0.15, -0.1) is 0 Å². The molecule has 3 N–H and O–H groups in total. The number of Topliss-reactive ketones (excluding diaryl/α,β-unsaturated/α-hetero) is 1. The van der Waals surface area contributed by atoms with Crippen LogP contribution in [0.25, 0.3) is 0 Å². The molecule has 1 aliphatic carbocycles. The lowest BCUT2D eigenvalue weighted by molar-refractivity contribution is -0.145. The van der Waals surface area contributed by atoms with Crippen molar-refractivity contribution in [2.24, 2.45) is 11.1 Å². The number of hydrogen-bond acceptors (Lipinski definition) is 7. The quantitative estimate of drug-likeness (QED) is 0.729. The van der Waals surface area contributed by atoms with Crippen LogP contribution in [0.4, 0.5) is 5.69 Å². The van der Waals surface area contributed by atoms with E-state index in [0.717, 1.165) is 0 Å². The summed E-state index contributed by atoms with van der Waals surface area (Å²) in [4.78, 5) is 39.1. The fourth-order valence-electron chi connectivity index (χ4n) is 4.36. The molecule has 0 bridgehead atoms. The SMILES string of the molecule is COC(=O)C1=C(N)Nc2ccccc2[C@@]12C(=O)OC1=C2C(=O)CC(C)(C)C1. The number of para-hydroxylation sites is 1. The monoisotopic (exact) mass is 368 g/mol. The first-order chi connectivity index (χ1) is 12.7. The topological polar surface area (TPSA) is 108 Å². The second-order valence-electron chi connectivity index (χ2n) is 7.83. The highest BCUT2D eigenvalue weighted by molar-refractivity contribution is 6.18. The number of benzene rings is 1. The number of nitrogens with two attached hydrogens (primary N) is 1. The van der Waals surface area contributed by atoms with E-state index < -0.39 is 17.4 Å². The molecule has 0 fully saturated rings. The number of ether oxygens (including phenoxy) is 2. The summed E-state index contributed by atoms with van der Waals surface area (Å²) in [6, 6.07) is 6.95. The number of methoxy groups -OCH3 is 1. The van der Waals surface area contributed by atoms with Crippen molar-refractivity contribution >= 4 is 23.4 Å². The maximum absolute atomic E-state index is 13.3. The minimum absolute atomic E-state index is 0.0242. The van der Waals surface area contributed by atoms with Crippen molar-refractivity contribution in [1.29, 1.82) is 0 Å². The molecule has 1 aromatic carbocycles. The van der Waals surface area contributed by atoms with Crippen molar-refractivity contribution in [3.63, 3.8) is 0 Å². The number of carbonyl (C=O) groups is 3. The zero-order valence-corrected chi connectivity index (χ0v) is 15.3. The van der Waals surface area contributed by atoms with Crippen LogP contribution in [0.1, 0.15) is 32.3 Å². The Labute approximate surface area is 156 Å². The molecule has 7 nitrogen and oxygen atoms in total. The molecule has 3 aliphatic rings. The first-order valence-electron chi connectivity index (χ1n) is 8.66. The molecule has 27 heavy (non-hydrogen) atoms. The maximum Gasteiger partial charge on any atom is 0.339 e. The predicted molar refractivity (Wildman–Crippen MR) is 96.1 cm³/mol. The average Bonchev–Trinajstić information content (AvgIpc) is 2.86. The van der Waals surface area contributed by atoms with E-state index in [4.69, 9.17) is 15.2 Å². The van der Waals surface area contributed by atoms with E-state index >= 15 is 0 Å². The van der Waals surface area contributed by atoms with Crippen molar-refractivity contribution in [2.75, 3.05) is 12.4 Å². The third-order valence-corrected chi connectivity index (χ3v) is 5.37. The molecule has 0 amide bonds. The molecular weight excluding hydrogens is 348 g/mol. The Morgan fingerprint density at radius 2 is 1.93 bits per heavy atom. The summed E-state index contributed by atoms with van der Waals surface area (Å²) < 4.78 is 10.5. The van der Waals surface area contributed by atoms with Gasteiger partial charge in [0.05, 0.1) is 12.7 Å². The molecule has 4 rings (SSSR count). The van der Waals surface area contributed by atoms with Crippen LogP contribution in [0.5, 0.6) is 0 Å². The minimum Gasteiger partial charge on any atom is -0.466 e. The second-order valence-corrected chi connectivity index (χ2v) is 7.83. The zero-order chi connectivity index (χ0) is 19.6. The van der Waals surface area contributed by atoms with Crippen LogP contribution in [0.3, 0.4) is 0 Å². The number of ketones is 1. The van der Waals surface area contributed by atoms with Gasteiger partial charge in [0.15, 0.2) is 11.2 Å².